The molecule has 1 atom stereocenters. The van der Waals surface area contributed by atoms with Crippen LogP contribution >= 0.6 is 22.4 Å². The molecule has 0 radical (unpaired) electrons. The summed E-state index contributed by atoms with van der Waals surface area (Å²) in [6.07, 6.45) is 6.59. The highest BCUT2D eigenvalue weighted by Gasteiger charge is 2.01. The quantitative estimate of drug-likeness (QED) is 0.378. The molecule has 0 bridgehead atoms. The van der Waals surface area contributed by atoms with Crippen molar-refractivity contribution in [1.82, 2.24) is 0 Å². The van der Waals surface area contributed by atoms with Crippen LogP contribution in [0.1, 0.15) is 20.3 Å². The normalized spacial score (nSPS) is 14.9. The molecule has 0 aromatic heterocycles. The molecule has 0 aromatic carbocycles. The minimum absolute atomic E-state index is 0.554. The molecule has 0 heterocycles. The fourth-order valence-electron chi connectivity index (χ4n) is 0.779. The van der Waals surface area contributed by atoms with Crippen molar-refractivity contribution in [2.24, 2.45) is 0 Å². The summed E-state index contributed by atoms with van der Waals surface area (Å²) in [6, 6.07) is 0. The Morgan fingerprint density at radius 2 is 2.06 bits per heavy atom. The Labute approximate surface area is 110 Å². The highest BCUT2D eigenvalue weighted by atomic mass is 35.5. The van der Waals surface area contributed by atoms with E-state index in [9.17, 15) is 4.21 Å². The van der Waals surface area contributed by atoms with E-state index in [0.29, 0.717) is 11.6 Å². The Kier molecular flexibility index (Phi) is 10.2. The molecule has 0 aromatic rings. The van der Waals surface area contributed by atoms with E-state index >= 15 is 0 Å². The maximum Gasteiger partial charge on any atom is 0.0845 e. The summed E-state index contributed by atoms with van der Waals surface area (Å²) in [6.45, 7) is 7.66. The lowest BCUT2D eigenvalue weighted by atomic mass is 10.2. The van der Waals surface area contributed by atoms with Gasteiger partial charge in [0.05, 0.1) is 15.6 Å². The van der Waals surface area contributed by atoms with E-state index in [4.69, 9.17) is 11.6 Å². The van der Waals surface area contributed by atoms with Gasteiger partial charge in [0, 0.05) is 11.6 Å². The van der Waals surface area contributed by atoms with Crippen LogP contribution in [0.15, 0.2) is 36.0 Å². The molecular formula is C12H19ClOS2. The molecule has 1 nitrogen and oxygen atoms in total. The van der Waals surface area contributed by atoms with E-state index in [0.717, 1.165) is 12.2 Å². The molecule has 0 fully saturated rings. The van der Waals surface area contributed by atoms with Crippen LogP contribution in [0.25, 0.3) is 0 Å². The van der Waals surface area contributed by atoms with Gasteiger partial charge in [0.25, 0.3) is 0 Å². The van der Waals surface area contributed by atoms with Crippen molar-refractivity contribution in [2.45, 2.75) is 20.3 Å². The third-order valence-electron chi connectivity index (χ3n) is 2.04. The minimum atomic E-state index is -0.844. The molecule has 92 valence electrons. The number of hydrogen-bond acceptors (Lipinski definition) is 2. The largest absolute Gasteiger partial charge is 0.248 e. The third kappa shape index (κ3) is 8.20. The molecule has 0 N–H and O–H groups in total. The summed E-state index contributed by atoms with van der Waals surface area (Å²) >= 11 is 5.72. The van der Waals surface area contributed by atoms with Crippen molar-refractivity contribution < 1.29 is 4.21 Å². The highest BCUT2D eigenvalue weighted by Crippen LogP contribution is 2.16. The first-order valence-corrected chi connectivity index (χ1v) is 8.46. The maximum absolute atomic E-state index is 11.6. The van der Waals surface area contributed by atoms with Crippen LogP contribution in [0.2, 0.25) is 0 Å². The lowest BCUT2D eigenvalue weighted by Crippen LogP contribution is -1.94. The monoisotopic (exact) mass is 278 g/mol. The Hall–Kier alpha value is 0.01000. The van der Waals surface area contributed by atoms with Gasteiger partial charge in [0.2, 0.25) is 0 Å². The number of allylic oxidation sites excluding steroid dienone is 3. The summed E-state index contributed by atoms with van der Waals surface area (Å²) in [5.41, 5.74) is 2.40. The summed E-state index contributed by atoms with van der Waals surface area (Å²) in [5.74, 6) is 1.95. The van der Waals surface area contributed by atoms with E-state index in [-0.39, 0.29) is 0 Å². The zero-order valence-corrected chi connectivity index (χ0v) is 12.3. The van der Waals surface area contributed by atoms with Gasteiger partial charge in [-0.15, -0.1) is 18.2 Å². The van der Waals surface area contributed by atoms with Gasteiger partial charge in [-0.1, -0.05) is 40.2 Å². The molecule has 0 amide bonds. The highest BCUT2D eigenvalue weighted by molar-refractivity contribution is 8.69. The molecule has 16 heavy (non-hydrogen) atoms. The van der Waals surface area contributed by atoms with Crippen molar-refractivity contribution in [3.8, 4) is 0 Å². The van der Waals surface area contributed by atoms with Crippen LogP contribution in [0.5, 0.6) is 0 Å². The van der Waals surface area contributed by atoms with Crippen molar-refractivity contribution in [3.05, 3.63) is 36.0 Å². The standard InChI is InChI=1S/C12H19ClOS2/c1-4-5-6-7-8-16(14)15-10-12(3)11(2)9-13/h4,6-7H,1,5,8-10H2,2-3H3/b7-6+,12-11+. The van der Waals surface area contributed by atoms with Gasteiger partial charge < -0.3 is 0 Å². The van der Waals surface area contributed by atoms with E-state index in [2.05, 4.69) is 6.58 Å². The lowest BCUT2D eigenvalue weighted by Gasteiger charge is -2.03. The van der Waals surface area contributed by atoms with E-state index in [1.54, 1.807) is 0 Å². The zero-order valence-electron chi connectivity index (χ0n) is 9.87. The van der Waals surface area contributed by atoms with E-state index in [1.807, 2.05) is 32.1 Å². The first kappa shape index (κ1) is 16.0. The fraction of sp³-hybridized carbons (Fsp3) is 0.500. The van der Waals surface area contributed by atoms with Crippen molar-refractivity contribution >= 4 is 32.2 Å². The van der Waals surface area contributed by atoms with Crippen molar-refractivity contribution in [1.29, 1.82) is 0 Å². The Bertz CT molecular complexity index is 295. The number of hydrogen-bond donors (Lipinski definition) is 0. The summed E-state index contributed by atoms with van der Waals surface area (Å²) in [5, 5.41) is 0. The van der Waals surface area contributed by atoms with Crippen molar-refractivity contribution in [2.75, 3.05) is 17.4 Å². The number of alkyl halides is 1. The molecule has 1 unspecified atom stereocenters. The van der Waals surface area contributed by atoms with Crippen LogP contribution < -0.4 is 0 Å². The van der Waals surface area contributed by atoms with Gasteiger partial charge in [0.15, 0.2) is 0 Å². The SMILES string of the molecule is C=CC/C=C/CS(=O)SC/C(C)=C(\C)CCl. The molecule has 0 spiro atoms. The number of rotatable bonds is 8. The van der Waals surface area contributed by atoms with Gasteiger partial charge in [-0.25, -0.2) is 4.21 Å². The molecule has 4 heteroatoms. The molecule has 0 aliphatic rings. The lowest BCUT2D eigenvalue weighted by molar-refractivity contribution is 0.693. The van der Waals surface area contributed by atoms with Crippen LogP contribution in [-0.4, -0.2) is 21.6 Å². The Morgan fingerprint density at radius 1 is 1.38 bits per heavy atom. The zero-order chi connectivity index (χ0) is 12.4. The molecule has 0 rings (SSSR count). The smallest absolute Gasteiger partial charge is 0.0845 e. The van der Waals surface area contributed by atoms with Crippen LogP contribution in [0, 0.1) is 0 Å². The minimum Gasteiger partial charge on any atom is -0.248 e. The third-order valence-corrected chi connectivity index (χ3v) is 5.27. The molecule has 0 aliphatic carbocycles. The topological polar surface area (TPSA) is 17.1 Å². The first-order valence-electron chi connectivity index (χ1n) is 5.10. The first-order chi connectivity index (χ1) is 7.61. The van der Waals surface area contributed by atoms with Gasteiger partial charge in [-0.3, -0.25) is 0 Å². The average Bonchev–Trinajstić information content (AvgIpc) is 2.30. The fourth-order valence-corrected chi connectivity index (χ4v) is 3.40. The summed E-state index contributed by atoms with van der Waals surface area (Å²) in [4.78, 5) is 0. The second-order valence-corrected chi connectivity index (χ2v) is 6.98. The van der Waals surface area contributed by atoms with Gasteiger partial charge in [-0.2, -0.15) is 0 Å². The average molecular weight is 279 g/mol. The van der Waals surface area contributed by atoms with Crippen LogP contribution in [0.3, 0.4) is 0 Å². The molecule has 0 aliphatic heterocycles. The molecular weight excluding hydrogens is 260 g/mol. The van der Waals surface area contributed by atoms with Crippen molar-refractivity contribution in [3.63, 3.8) is 0 Å². The second kappa shape index (κ2) is 10.2. The van der Waals surface area contributed by atoms with Gasteiger partial charge in [0.1, 0.15) is 0 Å². The Balaban J connectivity index is 3.86. The van der Waals surface area contributed by atoms with E-state index < -0.39 is 9.83 Å². The molecule has 0 saturated carbocycles. The number of halogens is 1. The maximum atomic E-state index is 11.6. The summed E-state index contributed by atoms with van der Waals surface area (Å²) < 4.78 is 11.6. The van der Waals surface area contributed by atoms with Gasteiger partial charge >= 0.3 is 0 Å². The van der Waals surface area contributed by atoms with Gasteiger partial charge in [-0.05, 0) is 20.3 Å². The van der Waals surface area contributed by atoms with Crippen LogP contribution in [0.4, 0.5) is 0 Å². The van der Waals surface area contributed by atoms with E-state index in [1.165, 1.54) is 21.9 Å². The van der Waals surface area contributed by atoms with Crippen LogP contribution in [-0.2, 0) is 9.83 Å². The second-order valence-electron chi connectivity index (χ2n) is 3.42. The molecule has 0 saturated heterocycles. The predicted molar refractivity (Wildman–Crippen MR) is 78.5 cm³/mol. The predicted octanol–water partition coefficient (Wildman–Crippen LogP) is 4.09. The Morgan fingerprint density at radius 3 is 2.62 bits per heavy atom. The summed E-state index contributed by atoms with van der Waals surface area (Å²) in [7, 11) is 0.621.